The van der Waals surface area contributed by atoms with Gasteiger partial charge in [-0.25, -0.2) is 0 Å². The molecule has 0 aliphatic carbocycles. The van der Waals surface area contributed by atoms with Gasteiger partial charge in [0.25, 0.3) is 0 Å². The summed E-state index contributed by atoms with van der Waals surface area (Å²) < 4.78 is 5.35. The third-order valence-corrected chi connectivity index (χ3v) is 3.08. The van der Waals surface area contributed by atoms with Crippen molar-refractivity contribution in [3.8, 4) is 0 Å². The molecule has 1 aliphatic rings. The van der Waals surface area contributed by atoms with Crippen molar-refractivity contribution >= 4 is 11.4 Å². The van der Waals surface area contributed by atoms with E-state index in [1.807, 2.05) is 19.1 Å². The third kappa shape index (κ3) is 2.30. The lowest BCUT2D eigenvalue weighted by molar-refractivity contribution is 0.146. The number of nitrogen functional groups attached to an aromatic ring is 1. The topological polar surface area (TPSA) is 38.5 Å². The molecule has 3 heteroatoms. The Labute approximate surface area is 97.2 Å². The van der Waals surface area contributed by atoms with Crippen LogP contribution in [0.25, 0.3) is 0 Å². The van der Waals surface area contributed by atoms with Crippen LogP contribution in [0.4, 0.5) is 11.4 Å². The Bertz CT molecular complexity index is 352. The Morgan fingerprint density at radius 3 is 3.12 bits per heavy atom. The van der Waals surface area contributed by atoms with Crippen molar-refractivity contribution in [3.05, 3.63) is 23.8 Å². The maximum Gasteiger partial charge on any atom is 0.0482 e. The standard InChI is InChI=1S/C13H20N2O/c1-2-16-10-4-8-15-9-7-11-12(14)5-3-6-13(11)15/h3,5-6H,2,4,7-10,14H2,1H3. The number of fused-ring (bicyclic) bond motifs is 1. The van der Waals surface area contributed by atoms with Crippen LogP contribution in [0, 0.1) is 0 Å². The molecule has 0 saturated carbocycles. The number of nitrogens with zero attached hydrogens (tertiary/aromatic N) is 1. The number of ether oxygens (including phenoxy) is 1. The molecule has 1 aromatic carbocycles. The molecule has 0 amide bonds. The molecule has 0 radical (unpaired) electrons. The van der Waals surface area contributed by atoms with Gasteiger partial charge in [-0.2, -0.15) is 0 Å². The summed E-state index contributed by atoms with van der Waals surface area (Å²) in [6.07, 6.45) is 2.17. The molecule has 0 unspecified atom stereocenters. The molecule has 0 aromatic heterocycles. The minimum absolute atomic E-state index is 0.809. The first-order valence-corrected chi connectivity index (χ1v) is 6.03. The van der Waals surface area contributed by atoms with E-state index < -0.39 is 0 Å². The Kier molecular flexibility index (Phi) is 3.67. The Balaban J connectivity index is 1.93. The van der Waals surface area contributed by atoms with Gasteiger partial charge in [0.05, 0.1) is 0 Å². The van der Waals surface area contributed by atoms with Crippen LogP contribution in [-0.4, -0.2) is 26.3 Å². The van der Waals surface area contributed by atoms with Gasteiger partial charge in [0.2, 0.25) is 0 Å². The zero-order valence-electron chi connectivity index (χ0n) is 9.91. The van der Waals surface area contributed by atoms with Gasteiger partial charge < -0.3 is 15.4 Å². The van der Waals surface area contributed by atoms with E-state index in [2.05, 4.69) is 11.0 Å². The van der Waals surface area contributed by atoms with Gasteiger partial charge in [-0.05, 0) is 31.9 Å². The summed E-state index contributed by atoms with van der Waals surface area (Å²) in [7, 11) is 0. The molecular weight excluding hydrogens is 200 g/mol. The fourth-order valence-electron chi connectivity index (χ4n) is 2.26. The highest BCUT2D eigenvalue weighted by Crippen LogP contribution is 2.31. The molecule has 2 N–H and O–H groups in total. The maximum absolute atomic E-state index is 5.96. The van der Waals surface area contributed by atoms with Crippen molar-refractivity contribution in [3.63, 3.8) is 0 Å². The predicted molar refractivity (Wildman–Crippen MR) is 67.9 cm³/mol. The number of nitrogens with two attached hydrogens (primary N) is 1. The van der Waals surface area contributed by atoms with E-state index in [4.69, 9.17) is 10.5 Å². The highest BCUT2D eigenvalue weighted by atomic mass is 16.5. The lowest BCUT2D eigenvalue weighted by Gasteiger charge is -2.19. The molecule has 1 heterocycles. The molecule has 16 heavy (non-hydrogen) atoms. The summed E-state index contributed by atoms with van der Waals surface area (Å²) in [6.45, 7) is 5.85. The number of hydrogen-bond acceptors (Lipinski definition) is 3. The van der Waals surface area contributed by atoms with Crippen molar-refractivity contribution in [2.75, 3.05) is 36.9 Å². The van der Waals surface area contributed by atoms with Crippen LogP contribution < -0.4 is 10.6 Å². The Morgan fingerprint density at radius 2 is 2.31 bits per heavy atom. The normalized spacial score (nSPS) is 14.2. The molecule has 0 atom stereocenters. The van der Waals surface area contributed by atoms with Crippen molar-refractivity contribution < 1.29 is 4.74 Å². The summed E-state index contributed by atoms with van der Waals surface area (Å²) in [5, 5.41) is 0. The van der Waals surface area contributed by atoms with Crippen molar-refractivity contribution in [2.45, 2.75) is 19.8 Å². The van der Waals surface area contributed by atoms with Crippen LogP contribution >= 0.6 is 0 Å². The molecule has 0 fully saturated rings. The largest absolute Gasteiger partial charge is 0.398 e. The average Bonchev–Trinajstić information content (AvgIpc) is 2.70. The highest BCUT2D eigenvalue weighted by molar-refractivity contribution is 5.68. The zero-order valence-corrected chi connectivity index (χ0v) is 9.91. The van der Waals surface area contributed by atoms with Crippen LogP contribution in [0.3, 0.4) is 0 Å². The smallest absolute Gasteiger partial charge is 0.0482 e. The fraction of sp³-hybridized carbons (Fsp3) is 0.538. The molecule has 1 aromatic rings. The Morgan fingerprint density at radius 1 is 1.44 bits per heavy atom. The van der Waals surface area contributed by atoms with E-state index in [-0.39, 0.29) is 0 Å². The summed E-state index contributed by atoms with van der Waals surface area (Å²) in [6, 6.07) is 6.19. The number of anilines is 2. The first kappa shape index (κ1) is 11.3. The fourth-order valence-corrected chi connectivity index (χ4v) is 2.26. The van der Waals surface area contributed by atoms with Gasteiger partial charge in [-0.3, -0.25) is 0 Å². The monoisotopic (exact) mass is 220 g/mol. The molecule has 0 bridgehead atoms. The van der Waals surface area contributed by atoms with Crippen LogP contribution in [0.15, 0.2) is 18.2 Å². The van der Waals surface area contributed by atoms with E-state index in [1.165, 1.54) is 11.3 Å². The summed E-state index contributed by atoms with van der Waals surface area (Å²) in [5.74, 6) is 0. The molecule has 0 saturated heterocycles. The van der Waals surface area contributed by atoms with Gasteiger partial charge in [-0.15, -0.1) is 0 Å². The van der Waals surface area contributed by atoms with Gasteiger partial charge in [0.1, 0.15) is 0 Å². The zero-order chi connectivity index (χ0) is 11.4. The van der Waals surface area contributed by atoms with Crippen molar-refractivity contribution in [1.29, 1.82) is 0 Å². The van der Waals surface area contributed by atoms with Crippen LogP contribution in [0.5, 0.6) is 0 Å². The van der Waals surface area contributed by atoms with Gasteiger partial charge in [-0.1, -0.05) is 6.07 Å². The quantitative estimate of drug-likeness (QED) is 0.609. The minimum Gasteiger partial charge on any atom is -0.398 e. The van der Waals surface area contributed by atoms with Crippen LogP contribution in [0.2, 0.25) is 0 Å². The molecule has 2 rings (SSSR count). The predicted octanol–water partition coefficient (Wildman–Crippen LogP) is 2.06. The summed E-state index contributed by atoms with van der Waals surface area (Å²) in [4.78, 5) is 2.41. The number of benzene rings is 1. The molecular formula is C13H20N2O. The summed E-state index contributed by atoms with van der Waals surface area (Å²) in [5.41, 5.74) is 9.53. The Hall–Kier alpha value is -1.22. The highest BCUT2D eigenvalue weighted by Gasteiger charge is 2.19. The van der Waals surface area contributed by atoms with Crippen molar-refractivity contribution in [2.24, 2.45) is 0 Å². The second-order valence-corrected chi connectivity index (χ2v) is 4.13. The van der Waals surface area contributed by atoms with E-state index in [1.54, 1.807) is 0 Å². The van der Waals surface area contributed by atoms with E-state index in [0.29, 0.717) is 0 Å². The summed E-state index contributed by atoms with van der Waals surface area (Å²) >= 11 is 0. The third-order valence-electron chi connectivity index (χ3n) is 3.08. The lowest BCUT2D eigenvalue weighted by Crippen LogP contribution is -2.22. The molecule has 0 spiro atoms. The molecule has 88 valence electrons. The van der Waals surface area contributed by atoms with E-state index in [0.717, 1.165) is 44.8 Å². The molecule has 3 nitrogen and oxygen atoms in total. The first-order chi connectivity index (χ1) is 7.83. The van der Waals surface area contributed by atoms with Crippen molar-refractivity contribution in [1.82, 2.24) is 0 Å². The minimum atomic E-state index is 0.809. The number of hydrogen-bond donors (Lipinski definition) is 1. The second-order valence-electron chi connectivity index (χ2n) is 4.13. The second kappa shape index (κ2) is 5.21. The first-order valence-electron chi connectivity index (χ1n) is 6.03. The van der Waals surface area contributed by atoms with Crippen LogP contribution in [0.1, 0.15) is 18.9 Å². The van der Waals surface area contributed by atoms with E-state index in [9.17, 15) is 0 Å². The van der Waals surface area contributed by atoms with E-state index >= 15 is 0 Å². The number of rotatable bonds is 5. The maximum atomic E-state index is 5.96. The SMILES string of the molecule is CCOCCCN1CCc2c(N)cccc21. The molecule has 1 aliphatic heterocycles. The average molecular weight is 220 g/mol. The van der Waals surface area contributed by atoms with Crippen LogP contribution in [-0.2, 0) is 11.2 Å². The van der Waals surface area contributed by atoms with Gasteiger partial charge in [0.15, 0.2) is 0 Å². The van der Waals surface area contributed by atoms with Gasteiger partial charge >= 0.3 is 0 Å². The lowest BCUT2D eigenvalue weighted by atomic mass is 10.1. The van der Waals surface area contributed by atoms with Gasteiger partial charge in [0, 0.05) is 43.2 Å².